The van der Waals surface area contributed by atoms with Crippen LogP contribution in [0.5, 0.6) is 0 Å². The summed E-state index contributed by atoms with van der Waals surface area (Å²) in [4.78, 5) is 78.2. The molecule has 16 nitrogen and oxygen atoms in total. The van der Waals surface area contributed by atoms with E-state index in [0.717, 1.165) is 128 Å². The molecule has 4 saturated heterocycles. The van der Waals surface area contributed by atoms with Crippen molar-refractivity contribution in [3.8, 4) is 5.69 Å². The van der Waals surface area contributed by atoms with Crippen LogP contribution in [-0.4, -0.2) is 127 Å². The topological polar surface area (TPSA) is 155 Å². The number of likely N-dealkylation sites (tertiary alicyclic amines) is 2. The maximum atomic E-state index is 16.1. The molecule has 3 amide bonds. The van der Waals surface area contributed by atoms with E-state index in [1.165, 1.54) is 10.6 Å². The van der Waals surface area contributed by atoms with Crippen LogP contribution in [0.2, 0.25) is 0 Å². The number of benzene rings is 2. The minimum atomic E-state index is -0.701. The van der Waals surface area contributed by atoms with Gasteiger partial charge in [0, 0.05) is 127 Å². The summed E-state index contributed by atoms with van der Waals surface area (Å²) in [6, 6.07) is 16.1. The fraction of sp³-hybridized carbons (Fsp3) is 0.462. The average molecular weight is 940 g/mol. The predicted molar refractivity (Wildman–Crippen MR) is 263 cm³/mol. The van der Waals surface area contributed by atoms with Gasteiger partial charge in [-0.2, -0.15) is 0 Å². The zero-order valence-electron chi connectivity index (χ0n) is 40.0. The van der Waals surface area contributed by atoms with E-state index in [2.05, 4.69) is 41.0 Å². The highest BCUT2D eigenvalue weighted by Gasteiger charge is 2.33. The number of piperidine rings is 3. The van der Waals surface area contributed by atoms with Gasteiger partial charge < -0.3 is 19.7 Å². The van der Waals surface area contributed by atoms with Crippen molar-refractivity contribution in [2.75, 3.05) is 71.3 Å². The molecule has 0 aliphatic carbocycles. The number of hydrogen-bond acceptors (Lipinski definition) is 10. The van der Waals surface area contributed by atoms with Crippen molar-refractivity contribution in [3.63, 3.8) is 0 Å². The number of imidazole rings is 1. The number of aryl methyl sites for hydroxylation is 3. The Morgan fingerprint density at radius 2 is 1.54 bits per heavy atom. The maximum Gasteiger partial charge on any atom is 0.329 e. The van der Waals surface area contributed by atoms with Gasteiger partial charge in [0.15, 0.2) is 0 Å². The largest absolute Gasteiger partial charge is 0.388 e. The molecule has 0 bridgehead atoms. The molecular formula is C52H62FN11O5. The van der Waals surface area contributed by atoms with Crippen LogP contribution in [-0.2, 0) is 36.8 Å². The van der Waals surface area contributed by atoms with Crippen molar-refractivity contribution in [1.82, 2.24) is 48.2 Å². The van der Waals surface area contributed by atoms with Gasteiger partial charge in [0.05, 0.1) is 16.7 Å². The third-order valence-corrected chi connectivity index (χ3v) is 15.4. The van der Waals surface area contributed by atoms with E-state index in [1.54, 1.807) is 41.7 Å². The first-order valence-corrected chi connectivity index (χ1v) is 24.5. The van der Waals surface area contributed by atoms with Gasteiger partial charge in [-0.05, 0) is 123 Å². The highest BCUT2D eigenvalue weighted by Crippen LogP contribution is 2.35. The molecule has 4 aliphatic rings. The van der Waals surface area contributed by atoms with Crippen LogP contribution in [0.3, 0.4) is 0 Å². The third-order valence-electron chi connectivity index (χ3n) is 15.4. The van der Waals surface area contributed by atoms with E-state index in [-0.39, 0.29) is 41.2 Å². The number of pyridine rings is 2. The van der Waals surface area contributed by atoms with Crippen LogP contribution in [0, 0.1) is 18.7 Å². The second kappa shape index (κ2) is 19.2. The lowest BCUT2D eigenvalue weighted by molar-refractivity contribution is -0.135. The van der Waals surface area contributed by atoms with E-state index < -0.39 is 11.9 Å². The number of hydrogen-bond donors (Lipinski definition) is 2. The SMILES string of the molecule is CNc1ccn(-c2ccnc3c2cc(CN2CCC(c4c(C)cc(C(=O)N5CCC(CN6CCN(Cc7ccc8c(c7)n(C)c(=O)n8C7CCC(=O)NC7=O)CC6)CC5)cc4F)CC2)n3C)c(=O)c1. The molecule has 6 aromatic rings. The second-order valence-corrected chi connectivity index (χ2v) is 19.7. The fourth-order valence-electron chi connectivity index (χ4n) is 11.4. The van der Waals surface area contributed by atoms with Crippen molar-refractivity contribution in [2.45, 2.75) is 70.5 Å². The van der Waals surface area contributed by atoms with E-state index in [1.807, 2.05) is 55.3 Å². The summed E-state index contributed by atoms with van der Waals surface area (Å²) in [5.41, 5.74) is 7.64. The number of carbonyl (C=O) groups is 3. The van der Waals surface area contributed by atoms with E-state index >= 15 is 4.39 Å². The predicted octanol–water partition coefficient (Wildman–Crippen LogP) is 4.89. The Morgan fingerprint density at radius 1 is 0.797 bits per heavy atom. The molecule has 4 fully saturated rings. The summed E-state index contributed by atoms with van der Waals surface area (Å²) < 4.78 is 22.9. The Kier molecular flexibility index (Phi) is 12.9. The van der Waals surface area contributed by atoms with Gasteiger partial charge in [-0.15, -0.1) is 0 Å². The van der Waals surface area contributed by atoms with Gasteiger partial charge in [-0.3, -0.25) is 48.0 Å². The first kappa shape index (κ1) is 46.3. The van der Waals surface area contributed by atoms with Gasteiger partial charge in [0.2, 0.25) is 11.8 Å². The number of anilines is 1. The minimum absolute atomic E-state index is 0.0733. The van der Waals surface area contributed by atoms with Gasteiger partial charge in [-0.25, -0.2) is 14.2 Å². The van der Waals surface area contributed by atoms with Crippen molar-refractivity contribution >= 4 is 45.5 Å². The lowest BCUT2D eigenvalue weighted by Crippen LogP contribution is -2.48. The number of carbonyl (C=O) groups excluding carboxylic acids is 3. The minimum Gasteiger partial charge on any atom is -0.388 e. The Labute approximate surface area is 400 Å². The van der Waals surface area contributed by atoms with Crippen molar-refractivity contribution in [3.05, 3.63) is 122 Å². The molecule has 2 aromatic carbocycles. The number of rotatable bonds is 11. The summed E-state index contributed by atoms with van der Waals surface area (Å²) in [6.07, 6.45) is 7.52. The molecule has 10 rings (SSSR count). The Balaban J connectivity index is 0.689. The quantitative estimate of drug-likeness (QED) is 0.172. The van der Waals surface area contributed by atoms with Crippen LogP contribution in [0.4, 0.5) is 10.1 Å². The van der Waals surface area contributed by atoms with E-state index in [0.29, 0.717) is 43.1 Å². The van der Waals surface area contributed by atoms with Crippen molar-refractivity contribution in [1.29, 1.82) is 0 Å². The number of nitrogens with zero attached hydrogens (tertiary/aromatic N) is 9. The highest BCUT2D eigenvalue weighted by atomic mass is 19.1. The van der Waals surface area contributed by atoms with Gasteiger partial charge >= 0.3 is 5.69 Å². The molecule has 4 aromatic heterocycles. The Hall–Kier alpha value is -6.43. The molecule has 0 spiro atoms. The van der Waals surface area contributed by atoms with Crippen LogP contribution >= 0.6 is 0 Å². The monoisotopic (exact) mass is 939 g/mol. The first-order valence-electron chi connectivity index (χ1n) is 24.5. The summed E-state index contributed by atoms with van der Waals surface area (Å²) in [5, 5.41) is 6.30. The molecule has 1 atom stereocenters. The van der Waals surface area contributed by atoms with Crippen LogP contribution < -0.4 is 21.9 Å². The number of nitrogens with one attached hydrogen (secondary N) is 2. The van der Waals surface area contributed by atoms with Gasteiger partial charge in [0.1, 0.15) is 17.5 Å². The van der Waals surface area contributed by atoms with Crippen molar-refractivity contribution < 1.29 is 18.8 Å². The summed E-state index contributed by atoms with van der Waals surface area (Å²) >= 11 is 0. The first-order chi connectivity index (χ1) is 33.3. The lowest BCUT2D eigenvalue weighted by atomic mass is 9.85. The number of amides is 3. The number of piperazine rings is 1. The smallest absolute Gasteiger partial charge is 0.329 e. The molecule has 4 aliphatic heterocycles. The summed E-state index contributed by atoms with van der Waals surface area (Å²) in [7, 11) is 5.52. The normalized spacial score (nSPS) is 19.5. The summed E-state index contributed by atoms with van der Waals surface area (Å²) in [5.74, 6) is -0.554. The Morgan fingerprint density at radius 3 is 2.25 bits per heavy atom. The number of imide groups is 1. The maximum absolute atomic E-state index is 16.1. The molecule has 1 unspecified atom stereocenters. The third kappa shape index (κ3) is 9.14. The van der Waals surface area contributed by atoms with Crippen LogP contribution in [0.25, 0.3) is 27.8 Å². The van der Waals surface area contributed by atoms with Gasteiger partial charge in [-0.1, -0.05) is 6.07 Å². The number of aromatic nitrogens is 5. The van der Waals surface area contributed by atoms with Gasteiger partial charge in [0.25, 0.3) is 11.5 Å². The molecule has 8 heterocycles. The zero-order valence-corrected chi connectivity index (χ0v) is 40.0. The number of halogens is 1. The van der Waals surface area contributed by atoms with E-state index in [4.69, 9.17) is 0 Å². The molecule has 0 saturated carbocycles. The number of fused-ring (bicyclic) bond motifs is 2. The van der Waals surface area contributed by atoms with Crippen LogP contribution in [0.15, 0.2) is 76.6 Å². The lowest BCUT2D eigenvalue weighted by Gasteiger charge is -2.39. The highest BCUT2D eigenvalue weighted by molar-refractivity contribution is 6.00. The van der Waals surface area contributed by atoms with E-state index in [9.17, 15) is 24.0 Å². The molecule has 362 valence electrons. The molecule has 17 heteroatoms. The molecule has 0 radical (unpaired) electrons. The zero-order chi connectivity index (χ0) is 48.1. The molecule has 69 heavy (non-hydrogen) atoms. The molecule has 2 N–H and O–H groups in total. The second-order valence-electron chi connectivity index (χ2n) is 19.7. The Bertz CT molecular complexity index is 3050. The molecular weight excluding hydrogens is 878 g/mol. The fourth-order valence-corrected chi connectivity index (χ4v) is 11.4. The summed E-state index contributed by atoms with van der Waals surface area (Å²) in [6.45, 7) is 11.1. The average Bonchev–Trinajstić information content (AvgIpc) is 3.79. The van der Waals surface area contributed by atoms with Crippen molar-refractivity contribution in [2.24, 2.45) is 20.0 Å². The van der Waals surface area contributed by atoms with Crippen LogP contribution in [0.1, 0.15) is 83.2 Å². The standard InChI is InChI=1S/C52H62FN11O5/c1-33-25-37(27-41(53)48(33)36-12-16-59(17-13-36)32-39-29-40-42(9-15-55-49(40)57(39)3)63-20-14-38(54-2)28-47(63)66)51(68)62-18-10-34(11-19-62)30-60-21-23-61(24-22-60)31-35-5-6-43-45(26-35)58(4)52(69)64(43)44-7-8-46(65)56-50(44)67/h5-6,9,14-15,20,25-29,34,36,44,54H,7-8,10-13,16-19,21-24,30-32H2,1-4H3,(H,56,65,67).